The van der Waals surface area contributed by atoms with E-state index in [0.29, 0.717) is 16.6 Å². The summed E-state index contributed by atoms with van der Waals surface area (Å²) in [4.78, 5) is 31.1. The number of urea groups is 1. The van der Waals surface area contributed by atoms with Crippen LogP contribution in [0.2, 0.25) is 5.02 Å². The normalized spacial score (nSPS) is 20.8. The van der Waals surface area contributed by atoms with Crippen molar-refractivity contribution in [3.63, 3.8) is 0 Å². The van der Waals surface area contributed by atoms with Gasteiger partial charge in [-0.15, -0.1) is 16.8 Å². The van der Waals surface area contributed by atoms with Crippen molar-refractivity contribution in [2.45, 2.75) is 12.7 Å². The van der Waals surface area contributed by atoms with Crippen molar-refractivity contribution >= 4 is 47.4 Å². The Morgan fingerprint density at radius 2 is 2.04 bits per heavy atom. The summed E-state index contributed by atoms with van der Waals surface area (Å²) in [5.41, 5.74) is 1.94. The molecule has 124 valence electrons. The molecule has 2 heterocycles. The van der Waals surface area contributed by atoms with E-state index in [9.17, 15) is 9.59 Å². The maximum Gasteiger partial charge on any atom is 0.445 e. The molecule has 0 saturated heterocycles. The van der Waals surface area contributed by atoms with Gasteiger partial charge in [0.05, 0.1) is 14.1 Å². The van der Waals surface area contributed by atoms with Gasteiger partial charge in [0.2, 0.25) is 0 Å². The van der Waals surface area contributed by atoms with E-state index in [1.807, 2.05) is 31.2 Å². The van der Waals surface area contributed by atoms with Gasteiger partial charge < -0.3 is 0 Å². The van der Waals surface area contributed by atoms with E-state index >= 15 is 0 Å². The molecule has 5 nitrogen and oxygen atoms in total. The van der Waals surface area contributed by atoms with Crippen molar-refractivity contribution in [1.82, 2.24) is 4.90 Å². The number of amides is 3. The van der Waals surface area contributed by atoms with Gasteiger partial charge in [-0.25, -0.2) is 4.79 Å². The molecule has 0 bridgehead atoms. The molecule has 1 aromatic rings. The molecule has 0 N–H and O–H groups in total. The van der Waals surface area contributed by atoms with Crippen LogP contribution in [0.1, 0.15) is 12.5 Å². The number of allylic oxidation sites excluding steroid dienone is 1. The van der Waals surface area contributed by atoms with Crippen molar-refractivity contribution in [3.8, 4) is 0 Å². The molecule has 1 aromatic carbocycles. The van der Waals surface area contributed by atoms with Crippen LogP contribution in [0.3, 0.4) is 0 Å². The van der Waals surface area contributed by atoms with E-state index in [2.05, 4.69) is 4.99 Å². The maximum atomic E-state index is 12.7. The van der Waals surface area contributed by atoms with Crippen molar-refractivity contribution < 1.29 is 14.2 Å². The molecule has 7 heteroatoms. The number of hydrogen-bond acceptors (Lipinski definition) is 4. The Labute approximate surface area is 149 Å². The third kappa shape index (κ3) is 2.80. The second kappa shape index (κ2) is 6.53. The SMILES string of the molecule is CC1=C(SCc2ccccc2Cl)C2C(=O)N(C)C(=O)[N+](C)=C2N=C1. The molecule has 3 amide bonds. The third-order valence-electron chi connectivity index (χ3n) is 4.14. The van der Waals surface area contributed by atoms with Gasteiger partial charge >= 0.3 is 11.9 Å². The van der Waals surface area contributed by atoms with Crippen LogP contribution in [0.5, 0.6) is 0 Å². The number of nitrogens with zero attached hydrogens (tertiary/aromatic N) is 3. The minimum Gasteiger partial charge on any atom is -0.255 e. The summed E-state index contributed by atoms with van der Waals surface area (Å²) in [7, 11) is 3.14. The Hall–Kier alpha value is -1.92. The van der Waals surface area contributed by atoms with E-state index < -0.39 is 5.92 Å². The monoisotopic (exact) mass is 362 g/mol. The van der Waals surface area contributed by atoms with E-state index in [1.54, 1.807) is 25.0 Å². The number of carbonyl (C=O) groups is 2. The van der Waals surface area contributed by atoms with Crippen molar-refractivity contribution in [2.24, 2.45) is 10.9 Å². The van der Waals surface area contributed by atoms with Crippen LogP contribution < -0.4 is 0 Å². The highest BCUT2D eigenvalue weighted by molar-refractivity contribution is 8.02. The summed E-state index contributed by atoms with van der Waals surface area (Å²) in [6, 6.07) is 7.29. The first-order valence-electron chi connectivity index (χ1n) is 7.45. The van der Waals surface area contributed by atoms with Gasteiger partial charge in [-0.2, -0.15) is 9.48 Å². The zero-order valence-corrected chi connectivity index (χ0v) is 15.2. The first kappa shape index (κ1) is 16.9. The average molecular weight is 363 g/mol. The van der Waals surface area contributed by atoms with Gasteiger partial charge in [0, 0.05) is 15.7 Å². The Bertz CT molecular complexity index is 829. The van der Waals surface area contributed by atoms with Crippen LogP contribution in [0, 0.1) is 5.92 Å². The van der Waals surface area contributed by atoms with Crippen LogP contribution in [0.25, 0.3) is 0 Å². The minimum absolute atomic E-state index is 0.244. The van der Waals surface area contributed by atoms with Gasteiger partial charge in [0.1, 0.15) is 6.21 Å². The van der Waals surface area contributed by atoms with E-state index in [0.717, 1.165) is 20.9 Å². The fraction of sp³-hybridized carbons (Fsp3) is 0.294. The number of imide groups is 1. The largest absolute Gasteiger partial charge is 0.445 e. The first-order chi connectivity index (χ1) is 11.4. The predicted molar refractivity (Wildman–Crippen MR) is 96.8 cm³/mol. The number of halogens is 1. The molecule has 0 fully saturated rings. The molecular formula is C17H17ClN3O2S+. The fourth-order valence-electron chi connectivity index (χ4n) is 2.73. The molecule has 0 saturated carbocycles. The highest BCUT2D eigenvalue weighted by Crippen LogP contribution is 2.37. The Kier molecular flexibility index (Phi) is 4.60. The number of thioether (sulfide) groups is 1. The van der Waals surface area contributed by atoms with Crippen LogP contribution in [-0.4, -0.2) is 47.6 Å². The number of dihydropyridines is 1. The van der Waals surface area contributed by atoms with Gasteiger partial charge in [-0.05, 0) is 24.1 Å². The predicted octanol–water partition coefficient (Wildman–Crippen LogP) is 3.18. The van der Waals surface area contributed by atoms with Gasteiger partial charge in [0.25, 0.3) is 5.84 Å². The number of rotatable bonds is 3. The van der Waals surface area contributed by atoms with Gasteiger partial charge in [-0.3, -0.25) is 4.79 Å². The number of aliphatic imine (C=N–C) groups is 1. The van der Waals surface area contributed by atoms with Crippen LogP contribution in [0.4, 0.5) is 4.79 Å². The molecule has 24 heavy (non-hydrogen) atoms. The number of benzene rings is 1. The molecule has 0 aliphatic carbocycles. The Morgan fingerprint density at radius 3 is 2.75 bits per heavy atom. The van der Waals surface area contributed by atoms with Crippen molar-refractivity contribution in [3.05, 3.63) is 45.3 Å². The molecule has 1 unspecified atom stereocenters. The molecular weight excluding hydrogens is 346 g/mol. The molecule has 0 aromatic heterocycles. The topological polar surface area (TPSA) is 52.8 Å². The third-order valence-corrected chi connectivity index (χ3v) is 5.83. The summed E-state index contributed by atoms with van der Waals surface area (Å²) in [5.74, 6) is 0.357. The summed E-state index contributed by atoms with van der Waals surface area (Å²) < 4.78 is 1.44. The lowest BCUT2D eigenvalue weighted by Crippen LogP contribution is -2.52. The number of carbonyl (C=O) groups excluding carboxylic acids is 2. The van der Waals surface area contributed by atoms with E-state index in [-0.39, 0.29) is 11.9 Å². The molecule has 0 spiro atoms. The molecule has 2 aliphatic rings. The van der Waals surface area contributed by atoms with E-state index in [1.165, 1.54) is 11.6 Å². The summed E-state index contributed by atoms with van der Waals surface area (Å²) >= 11 is 7.79. The number of hydrogen-bond donors (Lipinski definition) is 0. The molecule has 0 radical (unpaired) electrons. The van der Waals surface area contributed by atoms with Crippen molar-refractivity contribution in [1.29, 1.82) is 0 Å². The lowest BCUT2D eigenvalue weighted by molar-refractivity contribution is -0.407. The zero-order valence-electron chi connectivity index (χ0n) is 13.6. The second-order valence-electron chi connectivity index (χ2n) is 5.72. The van der Waals surface area contributed by atoms with E-state index in [4.69, 9.17) is 11.6 Å². The van der Waals surface area contributed by atoms with Gasteiger partial charge in [0.15, 0.2) is 5.92 Å². The van der Waals surface area contributed by atoms with Crippen LogP contribution >= 0.6 is 23.4 Å². The summed E-state index contributed by atoms with van der Waals surface area (Å²) in [6.45, 7) is 1.93. The highest BCUT2D eigenvalue weighted by Gasteiger charge is 2.47. The smallest absolute Gasteiger partial charge is 0.255 e. The molecule has 3 rings (SSSR count). The lowest BCUT2D eigenvalue weighted by atomic mass is 9.99. The molecule has 2 aliphatic heterocycles. The summed E-state index contributed by atoms with van der Waals surface area (Å²) in [6.07, 6.45) is 1.71. The second-order valence-corrected chi connectivity index (χ2v) is 7.14. The molecule has 1 atom stereocenters. The van der Waals surface area contributed by atoms with Crippen molar-refractivity contribution in [2.75, 3.05) is 14.1 Å². The Morgan fingerprint density at radius 1 is 1.33 bits per heavy atom. The first-order valence-corrected chi connectivity index (χ1v) is 8.81. The van der Waals surface area contributed by atoms with Gasteiger partial charge in [-0.1, -0.05) is 29.8 Å². The highest BCUT2D eigenvalue weighted by atomic mass is 35.5. The minimum atomic E-state index is -0.532. The fourth-order valence-corrected chi connectivity index (χ4v) is 4.23. The standard InChI is InChI=1S/C17H17ClN3O2S/c1-10-8-19-15-13(16(22)21(3)17(23)20(15)2)14(10)24-9-11-6-4-5-7-12(11)18/h4-8,13H,9H2,1-3H3/q+1. The zero-order chi connectivity index (χ0) is 17.4. The Balaban J connectivity index is 1.95. The van der Waals surface area contributed by atoms with Crippen LogP contribution in [0.15, 0.2) is 39.7 Å². The maximum absolute atomic E-state index is 12.7. The number of amidine groups is 1. The summed E-state index contributed by atoms with van der Waals surface area (Å²) in [5, 5.41) is 0.705. The van der Waals surface area contributed by atoms with Crippen LogP contribution in [-0.2, 0) is 10.5 Å². The quantitative estimate of drug-likeness (QED) is 0.776. The number of fused-ring (bicyclic) bond motifs is 1. The average Bonchev–Trinajstić information content (AvgIpc) is 2.58. The lowest BCUT2D eigenvalue weighted by Gasteiger charge is -2.27.